The molecule has 0 aliphatic carbocycles. The Bertz CT molecular complexity index is 1580. The fourth-order valence-corrected chi connectivity index (χ4v) is 4.31. The van der Waals surface area contributed by atoms with Crippen LogP contribution in [0.1, 0.15) is 47.2 Å². The van der Waals surface area contributed by atoms with Gasteiger partial charge in [0, 0.05) is 41.7 Å². The summed E-state index contributed by atoms with van der Waals surface area (Å²) in [5.74, 6) is -2.87. The molecule has 7 nitrogen and oxygen atoms in total. The zero-order valence-electron chi connectivity index (χ0n) is 21.6. The molecule has 3 N–H and O–H groups in total. The molecule has 4 rings (SSSR count). The molecule has 0 spiro atoms. The summed E-state index contributed by atoms with van der Waals surface area (Å²) in [5.41, 5.74) is 2.33. The summed E-state index contributed by atoms with van der Waals surface area (Å²) >= 11 is 6.29. The third-order valence-electron chi connectivity index (χ3n) is 6.15. The van der Waals surface area contributed by atoms with E-state index in [9.17, 15) is 23.2 Å². The number of anilines is 2. The number of carbonyl (C=O) groups excluding carboxylic acids is 3. The quantitative estimate of drug-likeness (QED) is 0.237. The maximum atomic E-state index is 14.1. The van der Waals surface area contributed by atoms with Crippen molar-refractivity contribution in [2.45, 2.75) is 33.9 Å². The first kappa shape index (κ1) is 27.8. The number of aromatic nitrogens is 1. The third-order valence-corrected chi connectivity index (χ3v) is 6.48. The molecule has 3 aromatic carbocycles. The predicted molar refractivity (Wildman–Crippen MR) is 148 cm³/mol. The van der Waals surface area contributed by atoms with Crippen molar-refractivity contribution < 1.29 is 23.2 Å². The third kappa shape index (κ3) is 6.26. The van der Waals surface area contributed by atoms with Gasteiger partial charge in [0.25, 0.3) is 11.8 Å². The Hall–Kier alpha value is -4.24. The summed E-state index contributed by atoms with van der Waals surface area (Å²) in [6.07, 6.45) is 0. The molecule has 0 fully saturated rings. The Morgan fingerprint density at radius 2 is 1.69 bits per heavy atom. The summed E-state index contributed by atoms with van der Waals surface area (Å²) in [6, 6.07) is 14.7. The predicted octanol–water partition coefficient (Wildman–Crippen LogP) is 6.37. The van der Waals surface area contributed by atoms with Crippen molar-refractivity contribution in [2.75, 3.05) is 10.6 Å². The second-order valence-corrected chi connectivity index (χ2v) is 9.67. The van der Waals surface area contributed by atoms with Crippen LogP contribution in [0.3, 0.4) is 0 Å². The lowest BCUT2D eigenvalue weighted by molar-refractivity contribution is -0.124. The molecule has 1 heterocycles. The fraction of sp³-hybridized carbons (Fsp3) is 0.207. The van der Waals surface area contributed by atoms with Crippen LogP contribution in [-0.4, -0.2) is 22.3 Å². The highest BCUT2D eigenvalue weighted by Crippen LogP contribution is 2.26. The number of carbonyl (C=O) groups is 3. The molecule has 0 aliphatic heterocycles. The molecular formula is C29H27ClF2N4O3. The minimum Gasteiger partial charge on any atom is -0.352 e. The Morgan fingerprint density at radius 1 is 0.923 bits per heavy atom. The van der Waals surface area contributed by atoms with Gasteiger partial charge >= 0.3 is 0 Å². The van der Waals surface area contributed by atoms with Gasteiger partial charge in [0.2, 0.25) is 5.91 Å². The van der Waals surface area contributed by atoms with E-state index in [1.165, 1.54) is 0 Å². The van der Waals surface area contributed by atoms with Gasteiger partial charge in [-0.15, -0.1) is 0 Å². The SMILES string of the molecule is CCn1c(C(=O)Nc2ccc(F)cc2F)cc2cc(NC(=O)c3cc(CNC(=O)C(C)C)ccc3Cl)ccc21. The van der Waals surface area contributed by atoms with Crippen molar-refractivity contribution in [1.29, 1.82) is 0 Å². The van der Waals surface area contributed by atoms with E-state index in [1.54, 1.807) is 60.9 Å². The second kappa shape index (κ2) is 11.7. The number of halogens is 3. The number of aryl methyl sites for hydroxylation is 1. The van der Waals surface area contributed by atoms with Crippen LogP contribution in [0.25, 0.3) is 10.9 Å². The number of benzene rings is 3. The van der Waals surface area contributed by atoms with Crippen molar-refractivity contribution in [3.63, 3.8) is 0 Å². The molecule has 202 valence electrons. The molecule has 0 bridgehead atoms. The molecule has 0 radical (unpaired) electrons. The maximum Gasteiger partial charge on any atom is 0.272 e. The fourth-order valence-electron chi connectivity index (χ4n) is 4.10. The van der Waals surface area contributed by atoms with Crippen LogP contribution in [0.5, 0.6) is 0 Å². The van der Waals surface area contributed by atoms with Gasteiger partial charge in [-0.3, -0.25) is 14.4 Å². The van der Waals surface area contributed by atoms with Crippen molar-refractivity contribution in [2.24, 2.45) is 5.92 Å². The van der Waals surface area contributed by atoms with Crippen molar-refractivity contribution in [1.82, 2.24) is 9.88 Å². The largest absolute Gasteiger partial charge is 0.352 e. The molecule has 0 atom stereocenters. The minimum atomic E-state index is -0.877. The average molecular weight is 553 g/mol. The summed E-state index contributed by atoms with van der Waals surface area (Å²) in [6.45, 7) is 6.17. The monoisotopic (exact) mass is 552 g/mol. The number of amides is 3. The number of nitrogens with one attached hydrogen (secondary N) is 3. The van der Waals surface area contributed by atoms with Crippen LogP contribution in [0.2, 0.25) is 5.02 Å². The van der Waals surface area contributed by atoms with Crippen molar-refractivity contribution >= 4 is 51.6 Å². The summed E-state index contributed by atoms with van der Waals surface area (Å²) in [5, 5.41) is 9.05. The van der Waals surface area contributed by atoms with Crippen LogP contribution in [0, 0.1) is 17.6 Å². The molecule has 0 saturated heterocycles. The lowest BCUT2D eigenvalue weighted by Gasteiger charge is -2.11. The van der Waals surface area contributed by atoms with Gasteiger partial charge < -0.3 is 20.5 Å². The highest BCUT2D eigenvalue weighted by molar-refractivity contribution is 6.34. The van der Waals surface area contributed by atoms with E-state index in [0.29, 0.717) is 23.7 Å². The minimum absolute atomic E-state index is 0.0980. The maximum absolute atomic E-state index is 14.1. The van der Waals surface area contributed by atoms with Gasteiger partial charge in [-0.25, -0.2) is 8.78 Å². The van der Waals surface area contributed by atoms with E-state index in [2.05, 4.69) is 16.0 Å². The average Bonchev–Trinajstić information content (AvgIpc) is 3.27. The number of nitrogens with zero attached hydrogens (tertiary/aromatic N) is 1. The van der Waals surface area contributed by atoms with Crippen LogP contribution in [0.15, 0.2) is 60.7 Å². The Kier molecular flexibility index (Phi) is 8.30. The first-order chi connectivity index (χ1) is 18.6. The van der Waals surface area contributed by atoms with Gasteiger partial charge in [0.05, 0.1) is 16.3 Å². The summed E-state index contributed by atoms with van der Waals surface area (Å²) in [4.78, 5) is 37.9. The molecule has 0 aliphatic rings. The van der Waals surface area contributed by atoms with Crippen molar-refractivity contribution in [3.05, 3.63) is 94.1 Å². The van der Waals surface area contributed by atoms with E-state index >= 15 is 0 Å². The highest BCUT2D eigenvalue weighted by Gasteiger charge is 2.18. The molecule has 1 aromatic heterocycles. The van der Waals surface area contributed by atoms with E-state index in [4.69, 9.17) is 11.6 Å². The van der Waals surface area contributed by atoms with Crippen LogP contribution in [-0.2, 0) is 17.9 Å². The van der Waals surface area contributed by atoms with E-state index in [0.717, 1.165) is 23.2 Å². The first-order valence-corrected chi connectivity index (χ1v) is 12.7. The summed E-state index contributed by atoms with van der Waals surface area (Å²) in [7, 11) is 0. The molecule has 39 heavy (non-hydrogen) atoms. The standard InChI is InChI=1S/C29H27ClF2N4O3/c1-4-36-25-10-7-20(12-18(25)13-26(36)29(39)35-24-9-6-19(31)14-23(24)32)34-28(38)21-11-17(5-8-22(21)30)15-33-27(37)16(2)3/h5-14,16H,4,15H2,1-3H3,(H,33,37)(H,34,38)(H,35,39). The van der Waals surface area contributed by atoms with Gasteiger partial charge in [0.15, 0.2) is 0 Å². The lowest BCUT2D eigenvalue weighted by atomic mass is 10.1. The van der Waals surface area contributed by atoms with Crippen LogP contribution >= 0.6 is 11.6 Å². The second-order valence-electron chi connectivity index (χ2n) is 9.27. The number of fused-ring (bicyclic) bond motifs is 1. The van der Waals surface area contributed by atoms with Gasteiger partial charge in [-0.2, -0.15) is 0 Å². The molecular weight excluding hydrogens is 526 g/mol. The van der Waals surface area contributed by atoms with Gasteiger partial charge in [-0.05, 0) is 61.0 Å². The number of hydrogen-bond acceptors (Lipinski definition) is 3. The van der Waals surface area contributed by atoms with Crippen molar-refractivity contribution in [3.8, 4) is 0 Å². The van der Waals surface area contributed by atoms with E-state index in [1.807, 2.05) is 6.92 Å². The zero-order chi connectivity index (χ0) is 28.3. The molecule has 4 aromatic rings. The molecule has 3 amide bonds. The first-order valence-electron chi connectivity index (χ1n) is 12.3. The topological polar surface area (TPSA) is 92.2 Å². The Morgan fingerprint density at radius 3 is 2.38 bits per heavy atom. The highest BCUT2D eigenvalue weighted by atomic mass is 35.5. The smallest absolute Gasteiger partial charge is 0.272 e. The lowest BCUT2D eigenvalue weighted by Crippen LogP contribution is -2.27. The normalized spacial score (nSPS) is 11.1. The van der Waals surface area contributed by atoms with E-state index < -0.39 is 23.4 Å². The number of rotatable bonds is 8. The van der Waals surface area contributed by atoms with Crippen LogP contribution < -0.4 is 16.0 Å². The van der Waals surface area contributed by atoms with Crippen LogP contribution in [0.4, 0.5) is 20.2 Å². The zero-order valence-corrected chi connectivity index (χ0v) is 22.3. The van der Waals surface area contributed by atoms with Gasteiger partial charge in [0.1, 0.15) is 17.3 Å². The Labute approximate surface area is 229 Å². The van der Waals surface area contributed by atoms with E-state index in [-0.39, 0.29) is 40.3 Å². The molecule has 0 saturated carbocycles. The molecule has 10 heteroatoms. The van der Waals surface area contributed by atoms with Gasteiger partial charge in [-0.1, -0.05) is 31.5 Å². The Balaban J connectivity index is 1.55. The number of hydrogen-bond donors (Lipinski definition) is 3. The summed E-state index contributed by atoms with van der Waals surface area (Å²) < 4.78 is 29.0. The molecule has 0 unspecified atom stereocenters.